The Morgan fingerprint density at radius 1 is 1.29 bits per heavy atom. The van der Waals surface area contributed by atoms with E-state index in [0.29, 0.717) is 12.0 Å². The monoisotopic (exact) mass is 231 g/mol. The van der Waals surface area contributed by atoms with Crippen molar-refractivity contribution < 1.29 is 5.11 Å². The van der Waals surface area contributed by atoms with Crippen molar-refractivity contribution in [1.29, 1.82) is 0 Å². The highest BCUT2D eigenvalue weighted by molar-refractivity contribution is 5.56. The molecule has 0 bridgehead atoms. The van der Waals surface area contributed by atoms with E-state index in [-0.39, 0.29) is 6.10 Å². The van der Waals surface area contributed by atoms with Crippen molar-refractivity contribution >= 4 is 5.69 Å². The van der Waals surface area contributed by atoms with Crippen LogP contribution in [0.2, 0.25) is 0 Å². The number of benzene rings is 1. The fraction of sp³-hybridized carbons (Fsp3) is 0.600. The average molecular weight is 231 g/mol. The first kappa shape index (κ1) is 11.1. The number of para-hydroxylation sites is 1. The third-order valence-electron chi connectivity index (χ3n) is 4.21. The van der Waals surface area contributed by atoms with Gasteiger partial charge in [0.15, 0.2) is 0 Å². The van der Waals surface area contributed by atoms with Crippen molar-refractivity contribution in [3.05, 3.63) is 29.8 Å². The number of aliphatic hydroxyl groups is 1. The Kier molecular flexibility index (Phi) is 2.83. The highest BCUT2D eigenvalue weighted by Crippen LogP contribution is 2.36. The molecule has 92 valence electrons. The summed E-state index contributed by atoms with van der Waals surface area (Å²) in [6.07, 6.45) is 4.67. The summed E-state index contributed by atoms with van der Waals surface area (Å²) < 4.78 is 0. The van der Waals surface area contributed by atoms with Gasteiger partial charge in [-0.3, -0.25) is 0 Å². The van der Waals surface area contributed by atoms with Crippen LogP contribution in [0.4, 0.5) is 5.69 Å². The van der Waals surface area contributed by atoms with E-state index in [1.165, 1.54) is 36.9 Å². The van der Waals surface area contributed by atoms with Gasteiger partial charge in [-0.1, -0.05) is 18.2 Å². The van der Waals surface area contributed by atoms with Crippen LogP contribution in [0.15, 0.2) is 24.3 Å². The van der Waals surface area contributed by atoms with E-state index in [0.717, 1.165) is 6.54 Å². The van der Waals surface area contributed by atoms with Gasteiger partial charge in [0.1, 0.15) is 0 Å². The zero-order valence-electron chi connectivity index (χ0n) is 10.5. The van der Waals surface area contributed by atoms with E-state index in [2.05, 4.69) is 36.1 Å². The van der Waals surface area contributed by atoms with Gasteiger partial charge in [0.2, 0.25) is 0 Å². The van der Waals surface area contributed by atoms with Gasteiger partial charge in [-0.15, -0.1) is 0 Å². The minimum Gasteiger partial charge on any atom is -0.391 e. The maximum atomic E-state index is 10.1. The smallest absolute Gasteiger partial charge is 0.0743 e. The predicted octanol–water partition coefficient (Wildman–Crippen LogP) is 2.60. The van der Waals surface area contributed by atoms with E-state index in [4.69, 9.17) is 0 Å². The fourth-order valence-corrected chi connectivity index (χ4v) is 2.87. The largest absolute Gasteiger partial charge is 0.391 e. The van der Waals surface area contributed by atoms with Crippen molar-refractivity contribution in [2.75, 3.05) is 11.4 Å². The lowest BCUT2D eigenvalue weighted by Gasteiger charge is -2.38. The molecule has 2 unspecified atom stereocenters. The van der Waals surface area contributed by atoms with E-state index >= 15 is 0 Å². The van der Waals surface area contributed by atoms with Crippen LogP contribution in [0.1, 0.15) is 31.7 Å². The third kappa shape index (κ3) is 2.19. The molecule has 1 aliphatic carbocycles. The van der Waals surface area contributed by atoms with Gasteiger partial charge in [-0.2, -0.15) is 0 Å². The molecule has 1 fully saturated rings. The molecular formula is C15H21NO. The Bertz CT molecular complexity index is 400. The average Bonchev–Trinajstić information content (AvgIpc) is 3.17. The van der Waals surface area contributed by atoms with Gasteiger partial charge in [-0.05, 0) is 50.2 Å². The molecule has 1 aromatic carbocycles. The van der Waals surface area contributed by atoms with Crippen molar-refractivity contribution in [2.24, 2.45) is 5.92 Å². The van der Waals surface area contributed by atoms with Gasteiger partial charge < -0.3 is 10.0 Å². The maximum Gasteiger partial charge on any atom is 0.0743 e. The summed E-state index contributed by atoms with van der Waals surface area (Å²) in [6, 6.07) is 9.19. The van der Waals surface area contributed by atoms with Gasteiger partial charge >= 0.3 is 0 Å². The Balaban J connectivity index is 1.81. The summed E-state index contributed by atoms with van der Waals surface area (Å²) in [5, 5.41) is 10.1. The van der Waals surface area contributed by atoms with E-state index in [1.54, 1.807) is 0 Å². The molecule has 1 aliphatic heterocycles. The molecule has 2 aliphatic rings. The summed E-state index contributed by atoms with van der Waals surface area (Å²) in [7, 11) is 0. The number of aliphatic hydroxyl groups excluding tert-OH is 1. The highest BCUT2D eigenvalue weighted by Gasteiger charge is 2.33. The van der Waals surface area contributed by atoms with Crippen molar-refractivity contribution in [1.82, 2.24) is 0 Å². The minimum atomic E-state index is -0.136. The maximum absolute atomic E-state index is 10.1. The number of hydrogen-bond acceptors (Lipinski definition) is 2. The first-order valence-electron chi connectivity index (χ1n) is 6.78. The van der Waals surface area contributed by atoms with E-state index in [1.807, 2.05) is 0 Å². The van der Waals surface area contributed by atoms with Crippen molar-refractivity contribution in [3.8, 4) is 0 Å². The number of nitrogens with zero attached hydrogens (tertiary/aromatic N) is 1. The Morgan fingerprint density at radius 2 is 2.06 bits per heavy atom. The van der Waals surface area contributed by atoms with Crippen molar-refractivity contribution in [2.45, 2.75) is 44.8 Å². The quantitative estimate of drug-likeness (QED) is 0.864. The lowest BCUT2D eigenvalue weighted by Crippen LogP contribution is -2.42. The van der Waals surface area contributed by atoms with Crippen LogP contribution < -0.4 is 4.90 Å². The van der Waals surface area contributed by atoms with Crippen LogP contribution in [0.5, 0.6) is 0 Å². The molecule has 2 heteroatoms. The van der Waals surface area contributed by atoms with Crippen molar-refractivity contribution in [3.63, 3.8) is 0 Å². The molecule has 17 heavy (non-hydrogen) atoms. The summed E-state index contributed by atoms with van der Waals surface area (Å²) in [6.45, 7) is 3.08. The summed E-state index contributed by atoms with van der Waals surface area (Å²) in [5.41, 5.74) is 2.78. The third-order valence-corrected chi connectivity index (χ3v) is 4.21. The Labute approximate surface area is 103 Å². The minimum absolute atomic E-state index is 0.136. The number of aryl methyl sites for hydroxylation is 1. The predicted molar refractivity (Wildman–Crippen MR) is 70.3 cm³/mol. The SMILES string of the molecule is CC1CCc2ccccc2N1CC(O)C1CC1. The second-order valence-corrected chi connectivity index (χ2v) is 5.57. The number of fused-ring (bicyclic) bond motifs is 1. The number of rotatable bonds is 3. The van der Waals surface area contributed by atoms with Gasteiger partial charge in [0.05, 0.1) is 6.10 Å². The molecule has 1 saturated carbocycles. The molecule has 1 N–H and O–H groups in total. The van der Waals surface area contributed by atoms with Crippen LogP contribution in [-0.4, -0.2) is 23.8 Å². The molecular weight excluding hydrogens is 210 g/mol. The highest BCUT2D eigenvalue weighted by atomic mass is 16.3. The van der Waals surface area contributed by atoms with Crippen LogP contribution in [0, 0.1) is 5.92 Å². The lowest BCUT2D eigenvalue weighted by atomic mass is 9.96. The summed E-state index contributed by atoms with van der Waals surface area (Å²) in [5.74, 6) is 0.566. The molecule has 0 spiro atoms. The fourth-order valence-electron chi connectivity index (χ4n) is 2.87. The Hall–Kier alpha value is -1.02. The molecule has 2 nitrogen and oxygen atoms in total. The summed E-state index contributed by atoms with van der Waals surface area (Å²) >= 11 is 0. The molecule has 0 aromatic heterocycles. The van der Waals surface area contributed by atoms with Crippen LogP contribution in [-0.2, 0) is 6.42 Å². The standard InChI is InChI=1S/C15H21NO/c1-11-6-7-12-4-2-3-5-14(12)16(11)10-15(17)13-8-9-13/h2-5,11,13,15,17H,6-10H2,1H3. The molecule has 0 amide bonds. The van der Waals surface area contributed by atoms with Gasteiger partial charge in [0, 0.05) is 18.3 Å². The topological polar surface area (TPSA) is 23.5 Å². The van der Waals surface area contributed by atoms with Crippen LogP contribution in [0.3, 0.4) is 0 Å². The van der Waals surface area contributed by atoms with Crippen LogP contribution >= 0.6 is 0 Å². The van der Waals surface area contributed by atoms with Crippen LogP contribution in [0.25, 0.3) is 0 Å². The molecule has 1 heterocycles. The molecule has 0 saturated heterocycles. The zero-order valence-corrected chi connectivity index (χ0v) is 10.5. The second kappa shape index (κ2) is 4.34. The normalized spacial score (nSPS) is 25.5. The molecule has 0 radical (unpaired) electrons. The number of hydrogen-bond donors (Lipinski definition) is 1. The lowest BCUT2D eigenvalue weighted by molar-refractivity contribution is 0.153. The number of anilines is 1. The van der Waals surface area contributed by atoms with Gasteiger partial charge in [-0.25, -0.2) is 0 Å². The first-order chi connectivity index (χ1) is 8.25. The Morgan fingerprint density at radius 3 is 2.82 bits per heavy atom. The molecule has 1 aromatic rings. The summed E-state index contributed by atoms with van der Waals surface area (Å²) in [4.78, 5) is 2.40. The van der Waals surface area contributed by atoms with E-state index < -0.39 is 0 Å². The zero-order chi connectivity index (χ0) is 11.8. The second-order valence-electron chi connectivity index (χ2n) is 5.57. The number of β-amino-alcohol motifs (C(OH)–C–C–N with tert-alkyl or cyclic N) is 1. The van der Waals surface area contributed by atoms with E-state index in [9.17, 15) is 5.11 Å². The first-order valence-corrected chi connectivity index (χ1v) is 6.78. The molecule has 2 atom stereocenters. The van der Waals surface area contributed by atoms with Gasteiger partial charge in [0.25, 0.3) is 0 Å². The molecule has 3 rings (SSSR count).